The first-order valence-electron chi connectivity index (χ1n) is 10.2. The van der Waals surface area contributed by atoms with Gasteiger partial charge >= 0.3 is 0 Å². The second kappa shape index (κ2) is 8.88. The molecule has 2 aliphatic rings. The minimum atomic E-state index is -0.281. The summed E-state index contributed by atoms with van der Waals surface area (Å²) in [6, 6.07) is 16.7. The molecular formula is C24H24N2O3S. The van der Waals surface area contributed by atoms with Crippen molar-refractivity contribution >= 4 is 34.9 Å². The Morgan fingerprint density at radius 3 is 2.37 bits per heavy atom. The van der Waals surface area contributed by atoms with Gasteiger partial charge in [-0.2, -0.15) is 0 Å². The summed E-state index contributed by atoms with van der Waals surface area (Å²) in [5, 5.41) is -0.263. The van der Waals surface area contributed by atoms with Gasteiger partial charge in [-0.15, -0.1) is 0 Å². The quantitative estimate of drug-likeness (QED) is 0.667. The molecule has 2 fully saturated rings. The fourth-order valence-electron chi connectivity index (χ4n) is 3.67. The molecule has 30 heavy (non-hydrogen) atoms. The van der Waals surface area contributed by atoms with E-state index in [-0.39, 0.29) is 23.6 Å². The molecular weight excluding hydrogens is 396 g/mol. The summed E-state index contributed by atoms with van der Waals surface area (Å²) >= 11 is 0.953. The number of nitrogens with zero attached hydrogens (tertiary/aromatic N) is 2. The van der Waals surface area contributed by atoms with Crippen LogP contribution in [0.4, 0.5) is 4.79 Å². The molecule has 0 atom stereocenters. The van der Waals surface area contributed by atoms with Crippen LogP contribution in [0.3, 0.4) is 0 Å². The molecule has 2 aromatic carbocycles. The largest absolute Gasteiger partial charge is 0.339 e. The zero-order valence-corrected chi connectivity index (χ0v) is 17.7. The molecule has 4 rings (SSSR count). The highest BCUT2D eigenvalue weighted by atomic mass is 32.2. The Labute approximate surface area is 180 Å². The zero-order chi connectivity index (χ0) is 21.1. The number of hydrogen-bond acceptors (Lipinski definition) is 4. The topological polar surface area (TPSA) is 57.7 Å². The molecule has 0 radical (unpaired) electrons. The van der Waals surface area contributed by atoms with Crippen molar-refractivity contribution in [1.82, 2.24) is 9.80 Å². The molecule has 0 aromatic heterocycles. The van der Waals surface area contributed by atoms with Gasteiger partial charge in [0.15, 0.2) is 0 Å². The lowest BCUT2D eigenvalue weighted by molar-refractivity contribution is -0.123. The highest BCUT2D eigenvalue weighted by Crippen LogP contribution is 2.33. The average Bonchev–Trinajstić information content (AvgIpc) is 3.02. The van der Waals surface area contributed by atoms with E-state index in [4.69, 9.17) is 0 Å². The Bertz CT molecular complexity index is 977. The maximum Gasteiger partial charge on any atom is 0.293 e. The van der Waals surface area contributed by atoms with Crippen LogP contribution in [0.5, 0.6) is 0 Å². The van der Waals surface area contributed by atoms with Gasteiger partial charge in [0, 0.05) is 18.7 Å². The van der Waals surface area contributed by atoms with Gasteiger partial charge in [-0.3, -0.25) is 19.3 Å². The van der Waals surface area contributed by atoms with E-state index < -0.39 is 0 Å². The number of benzene rings is 2. The van der Waals surface area contributed by atoms with E-state index in [9.17, 15) is 14.4 Å². The number of rotatable bonds is 4. The lowest BCUT2D eigenvalue weighted by atomic mass is 9.98. The van der Waals surface area contributed by atoms with Crippen molar-refractivity contribution < 1.29 is 14.4 Å². The fourth-order valence-corrected chi connectivity index (χ4v) is 4.51. The summed E-state index contributed by atoms with van der Waals surface area (Å²) < 4.78 is 0. The van der Waals surface area contributed by atoms with Crippen molar-refractivity contribution in [1.29, 1.82) is 0 Å². The molecule has 0 N–H and O–H groups in total. The van der Waals surface area contributed by atoms with E-state index in [2.05, 4.69) is 6.92 Å². The standard InChI is InChI=1S/C24H24N2O3S/c1-17-11-13-25(14-12-17)22(27)20-9-7-18(8-10-20)15-21-23(28)26(24(29)30-21)16-19-5-3-2-4-6-19/h2-10,15,17H,11-14,16H2,1H3. The van der Waals surface area contributed by atoms with Crippen molar-refractivity contribution in [3.8, 4) is 0 Å². The third-order valence-electron chi connectivity index (χ3n) is 5.58. The number of imide groups is 1. The van der Waals surface area contributed by atoms with Crippen LogP contribution in [0.2, 0.25) is 0 Å². The molecule has 0 spiro atoms. The van der Waals surface area contributed by atoms with E-state index in [0.717, 1.165) is 48.8 Å². The first kappa shape index (κ1) is 20.4. The average molecular weight is 421 g/mol. The van der Waals surface area contributed by atoms with Crippen LogP contribution in [-0.4, -0.2) is 39.9 Å². The summed E-state index contributed by atoms with van der Waals surface area (Å²) in [6.45, 7) is 4.09. The Morgan fingerprint density at radius 1 is 1.03 bits per heavy atom. The Balaban J connectivity index is 1.44. The SMILES string of the molecule is CC1CCN(C(=O)c2ccc(C=C3SC(=O)N(Cc4ccccc4)C3=O)cc2)CC1. The third kappa shape index (κ3) is 4.49. The van der Waals surface area contributed by atoms with Gasteiger partial charge in [0.2, 0.25) is 0 Å². The van der Waals surface area contributed by atoms with Crippen LogP contribution in [0, 0.1) is 5.92 Å². The summed E-state index contributed by atoms with van der Waals surface area (Å²) in [7, 11) is 0. The van der Waals surface area contributed by atoms with Crippen LogP contribution < -0.4 is 0 Å². The molecule has 2 aliphatic heterocycles. The predicted octanol–water partition coefficient (Wildman–Crippen LogP) is 4.80. The Morgan fingerprint density at radius 2 is 1.70 bits per heavy atom. The van der Waals surface area contributed by atoms with Crippen LogP contribution >= 0.6 is 11.8 Å². The van der Waals surface area contributed by atoms with Crippen molar-refractivity contribution in [3.05, 3.63) is 76.2 Å². The van der Waals surface area contributed by atoms with Gasteiger partial charge in [-0.1, -0.05) is 49.4 Å². The van der Waals surface area contributed by atoms with E-state index in [1.807, 2.05) is 47.4 Å². The highest BCUT2D eigenvalue weighted by Gasteiger charge is 2.35. The van der Waals surface area contributed by atoms with Crippen LogP contribution in [0.15, 0.2) is 59.5 Å². The molecule has 0 saturated carbocycles. The zero-order valence-electron chi connectivity index (χ0n) is 16.9. The monoisotopic (exact) mass is 420 g/mol. The number of thioether (sulfide) groups is 1. The summed E-state index contributed by atoms with van der Waals surface area (Å²) in [4.78, 5) is 41.2. The molecule has 0 unspecified atom stereocenters. The van der Waals surface area contributed by atoms with E-state index in [1.54, 1.807) is 18.2 Å². The summed E-state index contributed by atoms with van der Waals surface area (Å²) in [6.07, 6.45) is 3.80. The molecule has 0 aliphatic carbocycles. The number of piperidine rings is 1. The smallest absolute Gasteiger partial charge is 0.293 e. The van der Waals surface area contributed by atoms with Gasteiger partial charge in [-0.25, -0.2) is 0 Å². The number of likely N-dealkylation sites (tertiary alicyclic amines) is 1. The number of amides is 3. The maximum absolute atomic E-state index is 12.7. The molecule has 6 heteroatoms. The minimum Gasteiger partial charge on any atom is -0.339 e. The second-order valence-corrected chi connectivity index (χ2v) is 8.84. The lowest BCUT2D eigenvalue weighted by Crippen LogP contribution is -2.37. The number of hydrogen-bond donors (Lipinski definition) is 0. The molecule has 3 amide bonds. The minimum absolute atomic E-state index is 0.0524. The number of carbonyl (C=O) groups excluding carboxylic acids is 3. The molecule has 2 saturated heterocycles. The Hall–Kier alpha value is -2.86. The van der Waals surface area contributed by atoms with Gasteiger partial charge in [-0.05, 0) is 59.9 Å². The second-order valence-electron chi connectivity index (χ2n) is 7.85. The highest BCUT2D eigenvalue weighted by molar-refractivity contribution is 8.18. The van der Waals surface area contributed by atoms with Crippen LogP contribution in [-0.2, 0) is 11.3 Å². The van der Waals surface area contributed by atoms with Crippen LogP contribution in [0.25, 0.3) is 6.08 Å². The van der Waals surface area contributed by atoms with Gasteiger partial charge in [0.05, 0.1) is 11.4 Å². The van der Waals surface area contributed by atoms with Crippen molar-refractivity contribution in [2.45, 2.75) is 26.3 Å². The third-order valence-corrected chi connectivity index (χ3v) is 6.49. The Kier molecular flexibility index (Phi) is 6.04. The van der Waals surface area contributed by atoms with Crippen molar-refractivity contribution in [2.75, 3.05) is 13.1 Å². The van der Waals surface area contributed by atoms with E-state index in [0.29, 0.717) is 16.4 Å². The fraction of sp³-hybridized carbons (Fsp3) is 0.292. The predicted molar refractivity (Wildman–Crippen MR) is 119 cm³/mol. The molecule has 2 heterocycles. The van der Waals surface area contributed by atoms with Crippen molar-refractivity contribution in [2.24, 2.45) is 5.92 Å². The van der Waals surface area contributed by atoms with E-state index in [1.165, 1.54) is 4.90 Å². The number of carbonyl (C=O) groups is 3. The molecule has 0 bridgehead atoms. The lowest BCUT2D eigenvalue weighted by Gasteiger charge is -2.30. The molecule has 5 nitrogen and oxygen atoms in total. The van der Waals surface area contributed by atoms with Crippen LogP contribution in [0.1, 0.15) is 41.3 Å². The maximum atomic E-state index is 12.7. The summed E-state index contributed by atoms with van der Waals surface area (Å²) in [5.41, 5.74) is 2.36. The normalized spacial score (nSPS) is 19.0. The summed E-state index contributed by atoms with van der Waals surface area (Å²) in [5.74, 6) is 0.446. The first-order chi connectivity index (χ1) is 14.5. The van der Waals surface area contributed by atoms with Gasteiger partial charge < -0.3 is 4.90 Å². The van der Waals surface area contributed by atoms with Gasteiger partial charge in [0.1, 0.15) is 0 Å². The molecule has 2 aromatic rings. The van der Waals surface area contributed by atoms with E-state index >= 15 is 0 Å². The molecule has 154 valence electrons. The first-order valence-corrected chi connectivity index (χ1v) is 11.0. The van der Waals surface area contributed by atoms with Gasteiger partial charge in [0.25, 0.3) is 17.1 Å². The van der Waals surface area contributed by atoms with Crippen molar-refractivity contribution in [3.63, 3.8) is 0 Å².